The molecule has 0 saturated carbocycles. The molecule has 0 aliphatic rings. The Morgan fingerprint density at radius 2 is 2.06 bits per heavy atom. The molecule has 2 aromatic heterocycles. The van der Waals surface area contributed by atoms with Crippen LogP contribution in [0.25, 0.3) is 16.7 Å². The van der Waals surface area contributed by atoms with Gasteiger partial charge in [-0.1, -0.05) is 23.7 Å². The summed E-state index contributed by atoms with van der Waals surface area (Å²) in [5.41, 5.74) is 0.855. The van der Waals surface area contributed by atoms with Crippen molar-refractivity contribution < 1.29 is 4.74 Å². The number of para-hydroxylation sites is 1. The molecule has 80 valence electrons. The lowest BCUT2D eigenvalue weighted by atomic mass is 10.2. The van der Waals surface area contributed by atoms with E-state index in [-0.39, 0.29) is 6.01 Å². The van der Waals surface area contributed by atoms with Gasteiger partial charge in [-0.05, 0) is 12.1 Å². The van der Waals surface area contributed by atoms with Crippen LogP contribution < -0.4 is 4.74 Å². The van der Waals surface area contributed by atoms with Gasteiger partial charge >= 0.3 is 6.01 Å². The van der Waals surface area contributed by atoms with Crippen LogP contribution in [0.2, 0.25) is 5.15 Å². The number of aromatic nitrogens is 4. The lowest BCUT2D eigenvalue weighted by molar-refractivity contribution is 0.381. The second-order valence-electron chi connectivity index (χ2n) is 3.23. The van der Waals surface area contributed by atoms with Gasteiger partial charge in [0.2, 0.25) is 0 Å². The summed E-state index contributed by atoms with van der Waals surface area (Å²) >= 11 is 6.06. The summed E-state index contributed by atoms with van der Waals surface area (Å²) in [6, 6.07) is 7.88. The summed E-state index contributed by atoms with van der Waals surface area (Å²) in [5, 5.41) is 5.41. The molecule has 2 heterocycles. The number of ether oxygens (including phenoxy) is 1. The number of nitrogens with zero attached hydrogens (tertiary/aromatic N) is 4. The average Bonchev–Trinajstić information content (AvgIpc) is 2.72. The number of methoxy groups -OCH3 is 1. The van der Waals surface area contributed by atoms with Crippen molar-refractivity contribution in [1.82, 2.24) is 19.6 Å². The predicted molar refractivity (Wildman–Crippen MR) is 59.9 cm³/mol. The molecule has 16 heavy (non-hydrogen) atoms. The number of benzene rings is 1. The van der Waals surface area contributed by atoms with Crippen molar-refractivity contribution in [2.45, 2.75) is 0 Å². The number of hydrogen-bond acceptors (Lipinski definition) is 4. The van der Waals surface area contributed by atoms with E-state index < -0.39 is 0 Å². The van der Waals surface area contributed by atoms with Crippen LogP contribution in [-0.4, -0.2) is 26.7 Å². The first kappa shape index (κ1) is 9.35. The predicted octanol–water partition coefficient (Wildman–Crippen LogP) is 1.94. The summed E-state index contributed by atoms with van der Waals surface area (Å²) in [7, 11) is 1.51. The normalized spacial score (nSPS) is 11.1. The van der Waals surface area contributed by atoms with E-state index in [1.54, 1.807) is 4.52 Å². The van der Waals surface area contributed by atoms with Crippen LogP contribution in [0.3, 0.4) is 0 Å². The maximum atomic E-state index is 6.06. The minimum Gasteiger partial charge on any atom is -0.466 e. The maximum absolute atomic E-state index is 6.06. The Morgan fingerprint density at radius 1 is 1.25 bits per heavy atom. The molecule has 0 aliphatic carbocycles. The van der Waals surface area contributed by atoms with E-state index in [1.807, 2.05) is 24.3 Å². The van der Waals surface area contributed by atoms with Gasteiger partial charge in [0.25, 0.3) is 5.78 Å². The fourth-order valence-corrected chi connectivity index (χ4v) is 1.82. The molecular formula is C10H7ClN4O. The van der Waals surface area contributed by atoms with Crippen LogP contribution in [0.5, 0.6) is 6.01 Å². The maximum Gasteiger partial charge on any atom is 0.337 e. The van der Waals surface area contributed by atoms with Gasteiger partial charge in [0, 0.05) is 5.39 Å². The molecule has 6 heteroatoms. The number of halogens is 1. The molecule has 0 saturated heterocycles. The Bertz CT molecular complexity index is 679. The summed E-state index contributed by atoms with van der Waals surface area (Å²) in [6.45, 7) is 0. The van der Waals surface area contributed by atoms with E-state index in [1.165, 1.54) is 7.11 Å². The van der Waals surface area contributed by atoms with Gasteiger partial charge in [0.15, 0.2) is 0 Å². The van der Waals surface area contributed by atoms with Crippen molar-refractivity contribution in [3.8, 4) is 6.01 Å². The van der Waals surface area contributed by atoms with Crippen molar-refractivity contribution in [2.75, 3.05) is 7.11 Å². The van der Waals surface area contributed by atoms with Gasteiger partial charge in [-0.2, -0.15) is 14.5 Å². The van der Waals surface area contributed by atoms with E-state index in [0.717, 1.165) is 10.9 Å². The number of hydrogen-bond donors (Lipinski definition) is 0. The second kappa shape index (κ2) is 3.31. The van der Waals surface area contributed by atoms with Crippen molar-refractivity contribution >= 4 is 28.3 Å². The Labute approximate surface area is 95.6 Å². The molecular weight excluding hydrogens is 228 g/mol. The van der Waals surface area contributed by atoms with Crippen LogP contribution in [0.15, 0.2) is 24.3 Å². The third-order valence-corrected chi connectivity index (χ3v) is 2.59. The highest BCUT2D eigenvalue weighted by molar-refractivity contribution is 6.34. The molecule has 0 fully saturated rings. The van der Waals surface area contributed by atoms with E-state index in [0.29, 0.717) is 10.9 Å². The molecule has 0 spiro atoms. The molecule has 3 aromatic rings. The lowest BCUT2D eigenvalue weighted by Crippen LogP contribution is -1.94. The minimum absolute atomic E-state index is 0.278. The smallest absolute Gasteiger partial charge is 0.337 e. The third-order valence-electron chi connectivity index (χ3n) is 2.31. The van der Waals surface area contributed by atoms with E-state index >= 15 is 0 Å². The first-order chi connectivity index (χ1) is 7.79. The van der Waals surface area contributed by atoms with Gasteiger partial charge in [-0.3, -0.25) is 0 Å². The number of rotatable bonds is 1. The Kier molecular flexibility index (Phi) is 1.94. The molecule has 0 aliphatic heterocycles. The van der Waals surface area contributed by atoms with Gasteiger partial charge in [0.05, 0.1) is 12.6 Å². The fraction of sp³-hybridized carbons (Fsp3) is 0.100. The molecule has 5 nitrogen and oxygen atoms in total. The molecule has 0 bridgehead atoms. The highest BCUT2D eigenvalue weighted by atomic mass is 35.5. The van der Waals surface area contributed by atoms with Crippen LogP contribution in [0.1, 0.15) is 0 Å². The molecule has 0 N–H and O–H groups in total. The molecule has 0 atom stereocenters. The number of fused-ring (bicyclic) bond motifs is 3. The zero-order valence-electron chi connectivity index (χ0n) is 8.38. The first-order valence-electron chi connectivity index (χ1n) is 4.64. The van der Waals surface area contributed by atoms with E-state index in [9.17, 15) is 0 Å². The van der Waals surface area contributed by atoms with Gasteiger partial charge in [-0.25, -0.2) is 0 Å². The van der Waals surface area contributed by atoms with Crippen molar-refractivity contribution in [2.24, 2.45) is 0 Å². The molecule has 0 radical (unpaired) electrons. The highest BCUT2D eigenvalue weighted by Crippen LogP contribution is 2.22. The monoisotopic (exact) mass is 234 g/mol. The third kappa shape index (κ3) is 1.22. The Morgan fingerprint density at radius 3 is 2.88 bits per heavy atom. The Hall–Kier alpha value is -1.88. The topological polar surface area (TPSA) is 52.3 Å². The Balaban J connectivity index is 2.52. The van der Waals surface area contributed by atoms with Gasteiger partial charge < -0.3 is 4.74 Å². The lowest BCUT2D eigenvalue weighted by Gasteiger charge is -2.00. The highest BCUT2D eigenvalue weighted by Gasteiger charge is 2.10. The molecule has 0 unspecified atom stereocenters. The average molecular weight is 235 g/mol. The van der Waals surface area contributed by atoms with Crippen molar-refractivity contribution in [1.29, 1.82) is 0 Å². The standard InChI is InChI=1S/C10H7ClN4O/c1-16-10-13-9-12-8(11)6-4-2-3-5-7(6)15(9)14-10/h2-5H,1H3. The first-order valence-corrected chi connectivity index (χ1v) is 5.02. The van der Waals surface area contributed by atoms with E-state index in [2.05, 4.69) is 15.1 Å². The fourth-order valence-electron chi connectivity index (χ4n) is 1.59. The second-order valence-corrected chi connectivity index (χ2v) is 3.59. The van der Waals surface area contributed by atoms with Crippen LogP contribution in [0, 0.1) is 0 Å². The summed E-state index contributed by atoms with van der Waals surface area (Å²) in [6.07, 6.45) is 0. The van der Waals surface area contributed by atoms with Gasteiger partial charge in [-0.15, -0.1) is 5.10 Å². The summed E-state index contributed by atoms with van der Waals surface area (Å²) in [4.78, 5) is 8.22. The van der Waals surface area contributed by atoms with Crippen molar-refractivity contribution in [3.63, 3.8) is 0 Å². The van der Waals surface area contributed by atoms with Crippen molar-refractivity contribution in [3.05, 3.63) is 29.4 Å². The quantitative estimate of drug-likeness (QED) is 0.604. The summed E-state index contributed by atoms with van der Waals surface area (Å²) in [5.74, 6) is 0.431. The largest absolute Gasteiger partial charge is 0.466 e. The molecule has 0 amide bonds. The van der Waals surface area contributed by atoms with Gasteiger partial charge in [0.1, 0.15) is 5.15 Å². The molecule has 1 aromatic carbocycles. The SMILES string of the molecule is COc1nc2nc(Cl)c3ccccc3n2n1. The zero-order chi connectivity index (χ0) is 11.1. The van der Waals surface area contributed by atoms with E-state index in [4.69, 9.17) is 16.3 Å². The van der Waals surface area contributed by atoms with Crippen LogP contribution in [-0.2, 0) is 0 Å². The minimum atomic E-state index is 0.278. The summed E-state index contributed by atoms with van der Waals surface area (Å²) < 4.78 is 6.57. The van der Waals surface area contributed by atoms with Crippen LogP contribution in [0.4, 0.5) is 0 Å². The zero-order valence-corrected chi connectivity index (χ0v) is 9.14. The van der Waals surface area contributed by atoms with Crippen LogP contribution >= 0.6 is 11.6 Å². The molecule has 3 rings (SSSR count).